The van der Waals surface area contributed by atoms with Crippen LogP contribution in [0.1, 0.15) is 51.3 Å². The second-order valence-electron chi connectivity index (χ2n) is 10.9. The summed E-state index contributed by atoms with van der Waals surface area (Å²) in [5, 5.41) is 12.1. The topological polar surface area (TPSA) is 63.3 Å². The Morgan fingerprint density at radius 2 is 1.82 bits per heavy atom. The first kappa shape index (κ1) is 24.2. The van der Waals surface area contributed by atoms with E-state index in [1.165, 1.54) is 6.07 Å². The van der Waals surface area contributed by atoms with Crippen LogP contribution in [-0.2, 0) is 11.8 Å². The predicted octanol–water partition coefficient (Wildman–Crippen LogP) is 7.83. The smallest absolute Gasteiger partial charge is 0.203 e. The Bertz CT molecular complexity index is 1670. The van der Waals surface area contributed by atoms with Gasteiger partial charge in [0.25, 0.3) is 0 Å². The Labute approximate surface area is 221 Å². The van der Waals surface area contributed by atoms with Crippen molar-refractivity contribution in [1.29, 1.82) is 0 Å². The molecule has 38 heavy (non-hydrogen) atoms. The van der Waals surface area contributed by atoms with E-state index in [1.54, 1.807) is 18.3 Å². The fraction of sp³-hybridized carbons (Fsp3) is 0.312. The summed E-state index contributed by atoms with van der Waals surface area (Å²) in [6.45, 7) is 14.1. The number of para-hydroxylation sites is 1. The van der Waals surface area contributed by atoms with Crippen LogP contribution in [0.2, 0.25) is 0 Å². The lowest BCUT2D eigenvalue weighted by atomic mass is 9.51. The van der Waals surface area contributed by atoms with Gasteiger partial charge < -0.3 is 5.11 Å². The van der Waals surface area contributed by atoms with Crippen LogP contribution in [0, 0.1) is 23.7 Å². The number of halogens is 1. The lowest BCUT2D eigenvalue weighted by Crippen LogP contribution is -2.50. The molecule has 2 aliphatic rings. The maximum absolute atomic E-state index is 15.3. The minimum atomic E-state index is -0.544. The van der Waals surface area contributed by atoms with Gasteiger partial charge in [-0.25, -0.2) is 19.2 Å². The molecule has 5 nitrogen and oxygen atoms in total. The molecule has 6 rings (SSSR count). The van der Waals surface area contributed by atoms with Gasteiger partial charge in [-0.1, -0.05) is 51.1 Å². The number of benzene rings is 2. The number of hydrogen-bond acceptors (Lipinski definition) is 4. The molecule has 0 unspecified atom stereocenters. The highest BCUT2D eigenvalue weighted by Crippen LogP contribution is 2.60. The van der Waals surface area contributed by atoms with E-state index < -0.39 is 10.8 Å². The van der Waals surface area contributed by atoms with Gasteiger partial charge in [0.15, 0.2) is 5.82 Å². The number of pyridine rings is 1. The molecule has 0 radical (unpaired) electrons. The van der Waals surface area contributed by atoms with Crippen LogP contribution in [0.15, 0.2) is 72.3 Å². The highest BCUT2D eigenvalue weighted by Gasteiger charge is 2.56. The van der Waals surface area contributed by atoms with Crippen LogP contribution in [0.4, 0.5) is 4.39 Å². The van der Waals surface area contributed by atoms with E-state index in [4.69, 9.17) is 16.5 Å². The first-order valence-corrected chi connectivity index (χ1v) is 13.1. The minimum Gasteiger partial charge on any atom is -0.523 e. The molecule has 6 heteroatoms. The quantitative estimate of drug-likeness (QED) is 0.289. The molecule has 2 aliphatic carbocycles. The van der Waals surface area contributed by atoms with E-state index in [2.05, 4.69) is 30.6 Å². The zero-order valence-electron chi connectivity index (χ0n) is 21.8. The molecule has 2 heterocycles. The van der Waals surface area contributed by atoms with E-state index in [0.717, 1.165) is 34.1 Å². The summed E-state index contributed by atoms with van der Waals surface area (Å²) in [5.41, 5.74) is 3.83. The van der Waals surface area contributed by atoms with Gasteiger partial charge in [0.2, 0.25) is 5.70 Å². The zero-order chi connectivity index (χ0) is 26.7. The Morgan fingerprint density at radius 1 is 1.05 bits per heavy atom. The van der Waals surface area contributed by atoms with Gasteiger partial charge in [-0.3, -0.25) is 4.98 Å². The molecule has 0 saturated heterocycles. The summed E-state index contributed by atoms with van der Waals surface area (Å²) in [4.78, 5) is 18.5. The van der Waals surface area contributed by atoms with Gasteiger partial charge in [0.05, 0.1) is 23.5 Å². The van der Waals surface area contributed by atoms with Crippen molar-refractivity contribution < 1.29 is 9.50 Å². The van der Waals surface area contributed by atoms with Crippen molar-refractivity contribution in [2.45, 2.75) is 51.9 Å². The number of allylic oxidation sites excluding steroid dienone is 2. The van der Waals surface area contributed by atoms with E-state index in [0.29, 0.717) is 42.0 Å². The number of rotatable bonds is 3. The second-order valence-corrected chi connectivity index (χ2v) is 10.9. The Hall–Kier alpha value is -4.11. The largest absolute Gasteiger partial charge is 0.523 e. The fourth-order valence-electron chi connectivity index (χ4n) is 6.91. The number of nitrogens with zero attached hydrogens (tertiary/aromatic N) is 4. The molecule has 0 fully saturated rings. The molecule has 2 aromatic carbocycles. The van der Waals surface area contributed by atoms with Gasteiger partial charge in [-0.05, 0) is 55.9 Å². The third kappa shape index (κ3) is 3.38. The number of fused-ring (bicyclic) bond motifs is 4. The molecular formula is C32H29FN4O. The Balaban J connectivity index is 1.68. The summed E-state index contributed by atoms with van der Waals surface area (Å²) < 4.78 is 15.3. The summed E-state index contributed by atoms with van der Waals surface area (Å²) in [6.07, 6.45) is 4.32. The van der Waals surface area contributed by atoms with Crippen LogP contribution < -0.4 is 0 Å². The number of aliphatic hydroxyl groups excluding tert-OH is 1. The van der Waals surface area contributed by atoms with Crippen molar-refractivity contribution in [1.82, 2.24) is 15.0 Å². The van der Waals surface area contributed by atoms with Crippen LogP contribution in [0.25, 0.3) is 38.4 Å². The Kier molecular flexibility index (Phi) is 5.57. The molecule has 0 bridgehead atoms. The first-order valence-electron chi connectivity index (χ1n) is 13.1. The van der Waals surface area contributed by atoms with Crippen molar-refractivity contribution in [3.63, 3.8) is 0 Å². The molecule has 2 aromatic heterocycles. The number of hydrogen-bond donors (Lipinski definition) is 1. The maximum Gasteiger partial charge on any atom is 0.203 e. The lowest BCUT2D eigenvalue weighted by Gasteiger charge is -2.54. The van der Waals surface area contributed by atoms with Crippen molar-refractivity contribution in [3.8, 4) is 22.6 Å². The highest BCUT2D eigenvalue weighted by molar-refractivity contribution is 5.92. The molecular weight excluding hydrogens is 475 g/mol. The van der Waals surface area contributed by atoms with Crippen molar-refractivity contribution >= 4 is 10.9 Å². The van der Waals surface area contributed by atoms with Crippen molar-refractivity contribution in [2.24, 2.45) is 11.3 Å². The molecule has 0 spiro atoms. The third-order valence-corrected chi connectivity index (χ3v) is 9.01. The average molecular weight is 505 g/mol. The summed E-state index contributed by atoms with van der Waals surface area (Å²) in [7, 11) is 0. The van der Waals surface area contributed by atoms with E-state index in [-0.39, 0.29) is 17.5 Å². The van der Waals surface area contributed by atoms with Crippen molar-refractivity contribution in [3.05, 3.63) is 101 Å². The van der Waals surface area contributed by atoms with Crippen LogP contribution >= 0.6 is 0 Å². The van der Waals surface area contributed by atoms with Crippen molar-refractivity contribution in [2.75, 3.05) is 0 Å². The SMILES string of the molecule is [C-]#[N+]C1=C(O)[C@](C)(CC)[C@H]2CCc3c(-c4ccccc4F)nc(-c4ccnc5ccccc45)nc3[C@]2(C)C1. The van der Waals surface area contributed by atoms with Gasteiger partial charge in [0.1, 0.15) is 11.6 Å². The highest BCUT2D eigenvalue weighted by atomic mass is 19.1. The van der Waals surface area contributed by atoms with Crippen LogP contribution in [0.3, 0.4) is 0 Å². The molecule has 3 atom stereocenters. The molecule has 190 valence electrons. The number of aliphatic hydroxyl groups is 1. The second kappa shape index (κ2) is 8.73. The Morgan fingerprint density at radius 3 is 2.58 bits per heavy atom. The van der Waals surface area contributed by atoms with Crippen LogP contribution in [0.5, 0.6) is 0 Å². The van der Waals surface area contributed by atoms with E-state index in [1.807, 2.05) is 36.4 Å². The monoisotopic (exact) mass is 504 g/mol. The molecule has 4 aromatic rings. The number of aromatic nitrogens is 3. The summed E-state index contributed by atoms with van der Waals surface area (Å²) in [5.74, 6) is 0.476. The molecule has 1 N–H and O–H groups in total. The molecule has 0 amide bonds. The molecule has 0 saturated carbocycles. The average Bonchev–Trinajstić information content (AvgIpc) is 2.94. The van der Waals surface area contributed by atoms with Gasteiger partial charge in [0, 0.05) is 39.1 Å². The first-order chi connectivity index (χ1) is 18.3. The van der Waals surface area contributed by atoms with E-state index in [9.17, 15) is 5.11 Å². The maximum atomic E-state index is 15.3. The van der Waals surface area contributed by atoms with Gasteiger partial charge >= 0.3 is 0 Å². The minimum absolute atomic E-state index is 0.0726. The summed E-state index contributed by atoms with van der Waals surface area (Å²) >= 11 is 0. The predicted molar refractivity (Wildman–Crippen MR) is 147 cm³/mol. The van der Waals surface area contributed by atoms with Crippen LogP contribution in [-0.4, -0.2) is 20.1 Å². The third-order valence-electron chi connectivity index (χ3n) is 9.01. The van der Waals surface area contributed by atoms with E-state index >= 15 is 4.39 Å². The fourth-order valence-corrected chi connectivity index (χ4v) is 6.91. The summed E-state index contributed by atoms with van der Waals surface area (Å²) in [6, 6.07) is 16.5. The molecule has 0 aliphatic heterocycles. The standard InChI is InChI=1S/C32H29FN4O/c1-5-31(2)26-15-14-22-27(21-11-6-8-12-23(21)33)36-30(20-16-17-35-24-13-9-7-10-19(20)24)37-28(22)32(26,3)18-25(34-4)29(31)38/h6-13,16-17,26,38H,5,14-15,18H2,1-3H3/t26-,31-,32-/m1/s1. The van der Waals surface area contributed by atoms with Gasteiger partial charge in [-0.15, -0.1) is 0 Å². The normalized spacial score (nSPS) is 24.6. The zero-order valence-corrected chi connectivity index (χ0v) is 21.8. The van der Waals surface area contributed by atoms with Gasteiger partial charge in [-0.2, -0.15) is 0 Å². The lowest BCUT2D eigenvalue weighted by molar-refractivity contribution is 0.0450.